The van der Waals surface area contributed by atoms with Crippen LogP contribution in [0.4, 0.5) is 5.95 Å². The van der Waals surface area contributed by atoms with E-state index in [1.165, 1.54) is 12.4 Å². The van der Waals surface area contributed by atoms with Gasteiger partial charge in [-0.1, -0.05) is 24.4 Å². The van der Waals surface area contributed by atoms with Gasteiger partial charge in [-0.3, -0.25) is 9.59 Å². The summed E-state index contributed by atoms with van der Waals surface area (Å²) in [4.78, 5) is 31.0. The Morgan fingerprint density at radius 1 is 1.17 bits per heavy atom. The molecule has 0 aliphatic carbocycles. The largest absolute Gasteiger partial charge is 0.491 e. The van der Waals surface area contributed by atoms with Crippen LogP contribution in [0.1, 0.15) is 54.1 Å². The van der Waals surface area contributed by atoms with Crippen LogP contribution >= 0.6 is 11.6 Å². The Balaban J connectivity index is 1.43. The van der Waals surface area contributed by atoms with Gasteiger partial charge in [-0.2, -0.15) is 0 Å². The molecule has 1 amide bonds. The lowest BCUT2D eigenvalue weighted by atomic mass is 10.1. The number of carbonyl (C=O) groups is 2. The van der Waals surface area contributed by atoms with E-state index in [1.54, 1.807) is 6.07 Å². The van der Waals surface area contributed by atoms with E-state index >= 15 is 0 Å². The van der Waals surface area contributed by atoms with Gasteiger partial charge in [0.25, 0.3) is 5.91 Å². The van der Waals surface area contributed by atoms with E-state index in [9.17, 15) is 9.59 Å². The van der Waals surface area contributed by atoms with E-state index in [1.807, 2.05) is 12.1 Å². The molecule has 0 spiro atoms. The summed E-state index contributed by atoms with van der Waals surface area (Å²) in [5.74, 6) is 0.181. The van der Waals surface area contributed by atoms with Crippen LogP contribution in [0.2, 0.25) is 5.02 Å². The lowest BCUT2D eigenvalue weighted by Crippen LogP contribution is -2.25. The summed E-state index contributed by atoms with van der Waals surface area (Å²) in [6.07, 6.45) is 6.32. The molecule has 1 aliphatic heterocycles. The molecule has 0 saturated heterocycles. The highest BCUT2D eigenvalue weighted by atomic mass is 35.5. The lowest BCUT2D eigenvalue weighted by molar-refractivity contribution is -0.137. The van der Waals surface area contributed by atoms with E-state index in [4.69, 9.17) is 21.4 Å². The SMILES string of the molecule is O=C(O)CCCCCCNC(=O)c1cnc(N[C@H]2COc3ccc(Cl)cc32)nc1. The third kappa shape index (κ3) is 6.05. The maximum atomic E-state index is 12.2. The summed E-state index contributed by atoms with van der Waals surface area (Å²) in [7, 11) is 0. The molecule has 3 N–H and O–H groups in total. The number of amides is 1. The number of fused-ring (bicyclic) bond motifs is 1. The minimum absolute atomic E-state index is 0.107. The quantitative estimate of drug-likeness (QED) is 0.506. The van der Waals surface area contributed by atoms with Crippen molar-refractivity contribution in [1.82, 2.24) is 15.3 Å². The fourth-order valence-electron chi connectivity index (χ4n) is 3.04. The number of carbonyl (C=O) groups excluding carboxylic acids is 1. The number of hydrogen-bond acceptors (Lipinski definition) is 6. The number of nitrogens with zero attached hydrogens (tertiary/aromatic N) is 2. The van der Waals surface area contributed by atoms with Gasteiger partial charge in [0, 0.05) is 35.9 Å². The highest BCUT2D eigenvalue weighted by Crippen LogP contribution is 2.35. The smallest absolute Gasteiger partial charge is 0.303 e. The number of benzene rings is 1. The van der Waals surface area contributed by atoms with Gasteiger partial charge in [0.05, 0.1) is 11.6 Å². The number of aromatic nitrogens is 2. The molecule has 2 aromatic rings. The van der Waals surface area contributed by atoms with Crippen molar-refractivity contribution in [3.63, 3.8) is 0 Å². The predicted molar refractivity (Wildman–Crippen MR) is 108 cm³/mol. The molecule has 0 saturated carbocycles. The first-order valence-corrected chi connectivity index (χ1v) is 9.91. The average Bonchev–Trinajstić information content (AvgIpc) is 3.09. The molecule has 0 unspecified atom stereocenters. The number of unbranched alkanes of at least 4 members (excludes halogenated alkanes) is 3. The van der Waals surface area contributed by atoms with E-state index in [-0.39, 0.29) is 18.4 Å². The van der Waals surface area contributed by atoms with E-state index in [0.29, 0.717) is 36.1 Å². The third-order valence-electron chi connectivity index (χ3n) is 4.57. The standard InChI is InChI=1S/C20H23ClN4O4/c21-14-6-7-17-15(9-14)16(12-29-17)25-20-23-10-13(11-24-20)19(28)22-8-4-2-1-3-5-18(26)27/h6-7,9-11,16H,1-5,8,12H2,(H,22,28)(H,26,27)(H,23,24,25)/t16-/m0/s1. The van der Waals surface area contributed by atoms with Crippen molar-refractivity contribution < 1.29 is 19.4 Å². The minimum atomic E-state index is -0.773. The Morgan fingerprint density at radius 2 is 1.93 bits per heavy atom. The molecule has 1 aromatic carbocycles. The monoisotopic (exact) mass is 418 g/mol. The highest BCUT2D eigenvalue weighted by Gasteiger charge is 2.25. The second kappa shape index (κ2) is 10.1. The van der Waals surface area contributed by atoms with Crippen LogP contribution in [-0.2, 0) is 4.79 Å². The first-order valence-electron chi connectivity index (χ1n) is 9.54. The highest BCUT2D eigenvalue weighted by molar-refractivity contribution is 6.30. The number of halogens is 1. The van der Waals surface area contributed by atoms with E-state index in [0.717, 1.165) is 30.6 Å². The van der Waals surface area contributed by atoms with Gasteiger partial charge >= 0.3 is 5.97 Å². The van der Waals surface area contributed by atoms with E-state index < -0.39 is 5.97 Å². The molecule has 0 radical (unpaired) electrons. The second-order valence-corrected chi connectivity index (χ2v) is 7.24. The zero-order chi connectivity index (χ0) is 20.6. The molecule has 0 fully saturated rings. The minimum Gasteiger partial charge on any atom is -0.491 e. The Labute approximate surface area is 173 Å². The van der Waals surface area contributed by atoms with Crippen molar-refractivity contribution in [3.05, 3.63) is 46.7 Å². The van der Waals surface area contributed by atoms with Gasteiger partial charge in [0.2, 0.25) is 5.95 Å². The molecule has 3 rings (SSSR count). The van der Waals surface area contributed by atoms with Crippen LogP contribution in [0.15, 0.2) is 30.6 Å². The van der Waals surface area contributed by atoms with Crippen molar-refractivity contribution in [2.75, 3.05) is 18.5 Å². The molecule has 0 bridgehead atoms. The summed E-state index contributed by atoms with van der Waals surface area (Å²) in [5.41, 5.74) is 1.33. The number of aliphatic carboxylic acids is 1. The molecule has 154 valence electrons. The number of ether oxygens (including phenoxy) is 1. The molecule has 8 nitrogen and oxygen atoms in total. The lowest BCUT2D eigenvalue weighted by Gasteiger charge is -2.12. The molecule has 2 heterocycles. The molecular formula is C20H23ClN4O4. The summed E-state index contributed by atoms with van der Waals surface area (Å²) >= 11 is 6.05. The van der Waals surface area contributed by atoms with Gasteiger partial charge < -0.3 is 20.5 Å². The summed E-state index contributed by atoms with van der Waals surface area (Å²) < 4.78 is 5.62. The molecule has 29 heavy (non-hydrogen) atoms. The molecule has 9 heteroatoms. The van der Waals surface area contributed by atoms with Gasteiger partial charge in [-0.25, -0.2) is 9.97 Å². The molecule has 1 aliphatic rings. The fourth-order valence-corrected chi connectivity index (χ4v) is 3.22. The predicted octanol–water partition coefficient (Wildman–Crippen LogP) is 3.44. The van der Waals surface area contributed by atoms with Crippen molar-refractivity contribution in [2.45, 2.75) is 38.1 Å². The summed E-state index contributed by atoms with van der Waals surface area (Å²) in [6.45, 7) is 0.983. The van der Waals surface area contributed by atoms with Gasteiger partial charge in [0.1, 0.15) is 12.4 Å². The van der Waals surface area contributed by atoms with Crippen molar-refractivity contribution in [2.24, 2.45) is 0 Å². The molecule has 1 atom stereocenters. The number of carboxylic acid groups (broad SMARTS) is 1. The van der Waals surface area contributed by atoms with Crippen LogP contribution in [0.5, 0.6) is 5.75 Å². The Bertz CT molecular complexity index is 860. The second-order valence-electron chi connectivity index (χ2n) is 6.80. The zero-order valence-electron chi connectivity index (χ0n) is 15.9. The van der Waals surface area contributed by atoms with Crippen LogP contribution in [0, 0.1) is 0 Å². The Morgan fingerprint density at radius 3 is 2.69 bits per heavy atom. The number of nitrogens with one attached hydrogen (secondary N) is 2. The van der Waals surface area contributed by atoms with Crippen LogP contribution in [-0.4, -0.2) is 40.1 Å². The van der Waals surface area contributed by atoms with Crippen LogP contribution < -0.4 is 15.4 Å². The maximum absolute atomic E-state index is 12.2. The molecule has 1 aromatic heterocycles. The van der Waals surface area contributed by atoms with Crippen molar-refractivity contribution in [1.29, 1.82) is 0 Å². The van der Waals surface area contributed by atoms with Gasteiger partial charge in [-0.05, 0) is 31.0 Å². The summed E-state index contributed by atoms with van der Waals surface area (Å²) in [6, 6.07) is 5.36. The number of carboxylic acids is 1. The van der Waals surface area contributed by atoms with Gasteiger partial charge in [-0.15, -0.1) is 0 Å². The van der Waals surface area contributed by atoms with Gasteiger partial charge in [0.15, 0.2) is 0 Å². The number of rotatable bonds is 10. The number of hydrogen-bond donors (Lipinski definition) is 3. The van der Waals surface area contributed by atoms with Crippen molar-refractivity contribution in [3.8, 4) is 5.75 Å². The van der Waals surface area contributed by atoms with Crippen LogP contribution in [0.3, 0.4) is 0 Å². The topological polar surface area (TPSA) is 113 Å². The number of anilines is 1. The normalized spacial score (nSPS) is 14.7. The maximum Gasteiger partial charge on any atom is 0.303 e. The first kappa shape index (κ1) is 20.9. The fraction of sp³-hybridized carbons (Fsp3) is 0.400. The van der Waals surface area contributed by atoms with E-state index in [2.05, 4.69) is 20.6 Å². The average molecular weight is 419 g/mol. The van der Waals surface area contributed by atoms with Crippen molar-refractivity contribution >= 4 is 29.4 Å². The Kier molecular flexibility index (Phi) is 7.24. The summed E-state index contributed by atoms with van der Waals surface area (Å²) in [5, 5.41) is 15.2. The molecular weight excluding hydrogens is 396 g/mol. The van der Waals surface area contributed by atoms with Crippen LogP contribution in [0.25, 0.3) is 0 Å². The third-order valence-corrected chi connectivity index (χ3v) is 4.81. The first-order chi connectivity index (χ1) is 14.0. The Hall–Kier alpha value is -2.87. The zero-order valence-corrected chi connectivity index (χ0v) is 16.6.